The second kappa shape index (κ2) is 6.69. The first kappa shape index (κ1) is 15.8. The lowest BCUT2D eigenvalue weighted by Crippen LogP contribution is -2.36. The molecule has 1 fully saturated rings. The number of H-pyrrole nitrogens is 1. The molecule has 0 aliphatic carbocycles. The van der Waals surface area contributed by atoms with Crippen LogP contribution in [0.3, 0.4) is 0 Å². The van der Waals surface area contributed by atoms with Crippen molar-refractivity contribution < 1.29 is 13.9 Å². The van der Waals surface area contributed by atoms with E-state index in [-0.39, 0.29) is 23.9 Å². The number of halogens is 1. The van der Waals surface area contributed by atoms with E-state index in [0.717, 1.165) is 29.3 Å². The first-order valence-electron chi connectivity index (χ1n) is 8.46. The van der Waals surface area contributed by atoms with Gasteiger partial charge in [0.2, 0.25) is 0 Å². The molecule has 1 aromatic heterocycles. The maximum absolute atomic E-state index is 13.3. The highest BCUT2D eigenvalue weighted by molar-refractivity contribution is 5.98. The minimum atomic E-state index is -0.296. The Bertz CT molecular complexity index is 882. The summed E-state index contributed by atoms with van der Waals surface area (Å²) in [5, 5.41) is 4.13. The quantitative estimate of drug-likeness (QED) is 0.757. The Balaban J connectivity index is 1.60. The third-order valence-corrected chi connectivity index (χ3v) is 4.67. The predicted molar refractivity (Wildman–Crippen MR) is 93.9 cm³/mol. The van der Waals surface area contributed by atoms with Crippen molar-refractivity contribution in [3.8, 4) is 0 Å². The molecule has 0 bridgehead atoms. The van der Waals surface area contributed by atoms with E-state index in [1.807, 2.05) is 30.5 Å². The summed E-state index contributed by atoms with van der Waals surface area (Å²) in [6.07, 6.45) is 3.59. The molecule has 0 radical (unpaired) electrons. The van der Waals surface area contributed by atoms with Gasteiger partial charge in [-0.05, 0) is 54.1 Å². The van der Waals surface area contributed by atoms with Crippen molar-refractivity contribution in [2.24, 2.45) is 0 Å². The number of hydrogen-bond donors (Lipinski definition) is 2. The summed E-state index contributed by atoms with van der Waals surface area (Å²) < 4.78 is 19.0. The van der Waals surface area contributed by atoms with Crippen molar-refractivity contribution in [3.63, 3.8) is 0 Å². The van der Waals surface area contributed by atoms with E-state index in [0.29, 0.717) is 12.2 Å². The molecule has 2 atom stereocenters. The molecule has 0 saturated carbocycles. The van der Waals surface area contributed by atoms with Crippen LogP contribution in [0.25, 0.3) is 10.9 Å². The number of ether oxygens (including phenoxy) is 1. The second-order valence-corrected chi connectivity index (χ2v) is 6.33. The summed E-state index contributed by atoms with van der Waals surface area (Å²) in [6.45, 7) is 0.687. The van der Waals surface area contributed by atoms with Crippen LogP contribution in [0.4, 0.5) is 4.39 Å². The van der Waals surface area contributed by atoms with Crippen LogP contribution in [0.5, 0.6) is 0 Å². The fraction of sp³-hybridized carbons (Fsp3) is 0.250. The van der Waals surface area contributed by atoms with E-state index in [9.17, 15) is 9.18 Å². The molecule has 2 heterocycles. The predicted octanol–water partition coefficient (Wildman–Crippen LogP) is 3.96. The average molecular weight is 338 g/mol. The number of benzene rings is 2. The lowest BCUT2D eigenvalue weighted by molar-refractivity contribution is 0.0672. The summed E-state index contributed by atoms with van der Waals surface area (Å²) in [5.74, 6) is -0.459. The van der Waals surface area contributed by atoms with Crippen molar-refractivity contribution in [1.29, 1.82) is 0 Å². The van der Waals surface area contributed by atoms with Gasteiger partial charge in [0.05, 0.1) is 12.1 Å². The zero-order chi connectivity index (χ0) is 17.2. The molecule has 1 saturated heterocycles. The van der Waals surface area contributed by atoms with Crippen molar-refractivity contribution in [2.75, 3.05) is 6.61 Å². The number of carbonyl (C=O) groups is 1. The van der Waals surface area contributed by atoms with Crippen LogP contribution in [0.1, 0.15) is 34.8 Å². The number of aromatic amines is 1. The number of hydrogen-bond acceptors (Lipinski definition) is 2. The van der Waals surface area contributed by atoms with Crippen LogP contribution in [0.15, 0.2) is 54.7 Å². The van der Waals surface area contributed by atoms with E-state index in [4.69, 9.17) is 4.74 Å². The number of nitrogens with one attached hydrogen (secondary N) is 2. The highest BCUT2D eigenvalue weighted by Crippen LogP contribution is 2.28. The summed E-state index contributed by atoms with van der Waals surface area (Å²) in [6, 6.07) is 13.5. The molecule has 1 aliphatic rings. The van der Waals surface area contributed by atoms with Crippen molar-refractivity contribution in [1.82, 2.24) is 10.3 Å². The third kappa shape index (κ3) is 3.28. The van der Waals surface area contributed by atoms with Gasteiger partial charge >= 0.3 is 0 Å². The zero-order valence-electron chi connectivity index (χ0n) is 13.7. The fourth-order valence-corrected chi connectivity index (χ4v) is 3.34. The molecular formula is C20H19FN2O2. The average Bonchev–Trinajstić information content (AvgIpc) is 3.31. The van der Waals surface area contributed by atoms with Crippen LogP contribution < -0.4 is 5.32 Å². The smallest absolute Gasteiger partial charge is 0.251 e. The SMILES string of the molecule is O=C(N[C@H](c1ccc(F)cc1)[C@H]1CCCO1)c1ccc2cc[nH]c2c1. The van der Waals surface area contributed by atoms with Gasteiger partial charge < -0.3 is 15.0 Å². The molecule has 4 rings (SSSR count). The van der Waals surface area contributed by atoms with E-state index in [1.54, 1.807) is 12.1 Å². The fourth-order valence-electron chi connectivity index (χ4n) is 3.34. The van der Waals surface area contributed by atoms with Crippen molar-refractivity contribution in [2.45, 2.75) is 25.0 Å². The van der Waals surface area contributed by atoms with E-state index in [2.05, 4.69) is 10.3 Å². The molecule has 2 N–H and O–H groups in total. The molecule has 0 unspecified atom stereocenters. The molecule has 0 spiro atoms. The number of aromatic nitrogens is 1. The van der Waals surface area contributed by atoms with Crippen LogP contribution in [0.2, 0.25) is 0 Å². The van der Waals surface area contributed by atoms with Gasteiger partial charge in [-0.15, -0.1) is 0 Å². The van der Waals surface area contributed by atoms with Gasteiger partial charge in [-0.3, -0.25) is 4.79 Å². The van der Waals surface area contributed by atoms with Crippen molar-refractivity contribution >= 4 is 16.8 Å². The zero-order valence-corrected chi connectivity index (χ0v) is 13.7. The molecule has 1 aliphatic heterocycles. The normalized spacial score (nSPS) is 18.4. The maximum atomic E-state index is 13.3. The Morgan fingerprint density at radius 3 is 2.80 bits per heavy atom. The Kier molecular flexibility index (Phi) is 4.24. The number of carbonyl (C=O) groups excluding carboxylic acids is 1. The number of fused-ring (bicyclic) bond motifs is 1. The van der Waals surface area contributed by atoms with Gasteiger partial charge in [0.15, 0.2) is 0 Å². The Morgan fingerprint density at radius 2 is 2.04 bits per heavy atom. The van der Waals surface area contributed by atoms with E-state index < -0.39 is 0 Å². The van der Waals surface area contributed by atoms with Gasteiger partial charge in [0, 0.05) is 23.9 Å². The largest absolute Gasteiger partial charge is 0.376 e. The first-order chi connectivity index (χ1) is 12.2. The minimum Gasteiger partial charge on any atom is -0.376 e. The third-order valence-electron chi connectivity index (χ3n) is 4.67. The first-order valence-corrected chi connectivity index (χ1v) is 8.46. The van der Waals surface area contributed by atoms with E-state index >= 15 is 0 Å². The molecular weight excluding hydrogens is 319 g/mol. The molecule has 128 valence electrons. The highest BCUT2D eigenvalue weighted by atomic mass is 19.1. The van der Waals surface area contributed by atoms with Gasteiger partial charge in [-0.25, -0.2) is 4.39 Å². The maximum Gasteiger partial charge on any atom is 0.251 e. The summed E-state index contributed by atoms with van der Waals surface area (Å²) in [4.78, 5) is 15.9. The minimum absolute atomic E-state index is 0.0939. The van der Waals surface area contributed by atoms with E-state index in [1.165, 1.54) is 12.1 Å². The topological polar surface area (TPSA) is 54.1 Å². The van der Waals surface area contributed by atoms with Crippen LogP contribution in [-0.4, -0.2) is 23.6 Å². The lowest BCUT2D eigenvalue weighted by atomic mass is 9.98. The summed E-state index contributed by atoms with van der Waals surface area (Å²) in [5.41, 5.74) is 2.35. The van der Waals surface area contributed by atoms with Crippen molar-refractivity contribution in [3.05, 3.63) is 71.7 Å². The monoisotopic (exact) mass is 338 g/mol. The van der Waals surface area contributed by atoms with Crippen LogP contribution in [0, 0.1) is 5.82 Å². The second-order valence-electron chi connectivity index (χ2n) is 6.33. The molecule has 2 aromatic carbocycles. The standard InChI is InChI=1S/C20H19FN2O2/c21-16-7-5-14(6-8-16)19(18-2-1-11-25-18)23-20(24)15-4-3-13-9-10-22-17(13)12-15/h3-10,12,18-19,22H,1-2,11H2,(H,23,24)/t18-,19-/m1/s1. The Labute approximate surface area is 145 Å². The van der Waals surface area contributed by atoms with Gasteiger partial charge in [0.25, 0.3) is 5.91 Å². The highest BCUT2D eigenvalue weighted by Gasteiger charge is 2.29. The molecule has 25 heavy (non-hydrogen) atoms. The summed E-state index contributed by atoms with van der Waals surface area (Å²) in [7, 11) is 0. The Morgan fingerprint density at radius 1 is 1.20 bits per heavy atom. The van der Waals surface area contributed by atoms with Crippen LogP contribution >= 0.6 is 0 Å². The molecule has 4 nitrogen and oxygen atoms in total. The molecule has 1 amide bonds. The summed E-state index contributed by atoms with van der Waals surface area (Å²) >= 11 is 0. The lowest BCUT2D eigenvalue weighted by Gasteiger charge is -2.25. The Hall–Kier alpha value is -2.66. The molecule has 5 heteroatoms. The van der Waals surface area contributed by atoms with Gasteiger partial charge in [-0.1, -0.05) is 18.2 Å². The number of rotatable bonds is 4. The van der Waals surface area contributed by atoms with Gasteiger partial charge in [-0.2, -0.15) is 0 Å². The van der Waals surface area contributed by atoms with Crippen LogP contribution in [-0.2, 0) is 4.74 Å². The number of amides is 1. The van der Waals surface area contributed by atoms with Gasteiger partial charge in [0.1, 0.15) is 5.82 Å². The molecule has 3 aromatic rings.